The maximum absolute atomic E-state index is 12.8. The largest absolute Gasteiger partial charge is 0.472 e. The number of allylic oxidation sites excluding steroid dienone is 14. The molecule has 0 spiro atoms. The predicted octanol–water partition coefficient (Wildman–Crippen LogP) is 21.8. The number of phosphoric acid groups is 1. The van der Waals surface area contributed by atoms with Gasteiger partial charge in [-0.2, -0.15) is 0 Å². The van der Waals surface area contributed by atoms with Crippen molar-refractivity contribution in [2.75, 3.05) is 47.5 Å². The zero-order chi connectivity index (χ0) is 59.1. The summed E-state index contributed by atoms with van der Waals surface area (Å²) in [7, 11) is 1.49. The van der Waals surface area contributed by atoms with Crippen molar-refractivity contribution in [3.05, 3.63) is 85.1 Å². The Morgan fingerprint density at radius 3 is 1.05 bits per heavy atom. The fraction of sp³-hybridized carbons (Fsp3) is 0.775. The SMILES string of the molecule is CC/C=C\C/C=C\C/C=C\C/C=C\C/C=C\C/C=C\C/C=C\CCCCCCCCCCCCCCCCCCCCCC(=O)OC(COC(=O)CCCCCCCCCCCCCCCCCC)COP(=O)(O)OCC[N+](C)(C)C. The Morgan fingerprint density at radius 1 is 0.395 bits per heavy atom. The topological polar surface area (TPSA) is 108 Å². The smallest absolute Gasteiger partial charge is 0.462 e. The van der Waals surface area contributed by atoms with E-state index in [9.17, 15) is 19.0 Å². The fourth-order valence-corrected chi connectivity index (χ4v) is 10.3. The molecule has 0 aromatic carbocycles. The Balaban J connectivity index is 3.94. The number of unbranched alkanes of at least 4 members (excludes halogenated alkanes) is 34. The number of carbonyl (C=O) groups excluding carboxylic acids is 2. The molecule has 0 heterocycles. The highest BCUT2D eigenvalue weighted by Crippen LogP contribution is 2.43. The Morgan fingerprint density at radius 2 is 0.704 bits per heavy atom. The molecule has 0 fully saturated rings. The Labute approximate surface area is 501 Å². The minimum atomic E-state index is -4.39. The summed E-state index contributed by atoms with van der Waals surface area (Å²) in [5.74, 6) is -0.783. The molecule has 10 heteroatoms. The second-order valence-electron chi connectivity index (χ2n) is 23.8. The van der Waals surface area contributed by atoms with Gasteiger partial charge in [-0.05, 0) is 70.6 Å². The van der Waals surface area contributed by atoms with Crippen molar-refractivity contribution in [1.82, 2.24) is 0 Å². The van der Waals surface area contributed by atoms with Gasteiger partial charge in [0.25, 0.3) is 0 Å². The number of rotatable bonds is 62. The summed E-state index contributed by atoms with van der Waals surface area (Å²) in [6, 6.07) is 0. The van der Waals surface area contributed by atoms with Crippen LogP contribution in [0.5, 0.6) is 0 Å². The van der Waals surface area contributed by atoms with Gasteiger partial charge in [-0.25, -0.2) is 4.57 Å². The van der Waals surface area contributed by atoms with Gasteiger partial charge in [0.2, 0.25) is 0 Å². The van der Waals surface area contributed by atoms with E-state index in [1.807, 2.05) is 21.1 Å². The van der Waals surface area contributed by atoms with E-state index in [1.54, 1.807) is 0 Å². The summed E-state index contributed by atoms with van der Waals surface area (Å²) >= 11 is 0. The lowest BCUT2D eigenvalue weighted by Crippen LogP contribution is -2.37. The molecule has 0 aliphatic rings. The third kappa shape index (κ3) is 66.2. The summed E-state index contributed by atoms with van der Waals surface area (Å²) in [5, 5.41) is 0. The first-order valence-electron chi connectivity index (χ1n) is 33.8. The van der Waals surface area contributed by atoms with Gasteiger partial charge >= 0.3 is 19.8 Å². The monoisotopic (exact) mass is 1150 g/mol. The molecule has 0 rings (SSSR count). The van der Waals surface area contributed by atoms with Crippen molar-refractivity contribution in [3.8, 4) is 0 Å². The molecule has 9 nitrogen and oxygen atoms in total. The molecular weight excluding hydrogens is 1030 g/mol. The van der Waals surface area contributed by atoms with Crippen molar-refractivity contribution < 1.29 is 42.1 Å². The summed E-state index contributed by atoms with van der Waals surface area (Å²) < 4.78 is 34.6. The number of hydrogen-bond acceptors (Lipinski definition) is 7. The Kier molecular flexibility index (Phi) is 59.6. The maximum Gasteiger partial charge on any atom is 0.472 e. The van der Waals surface area contributed by atoms with E-state index in [4.69, 9.17) is 18.5 Å². The summed E-state index contributed by atoms with van der Waals surface area (Å²) in [6.07, 6.45) is 84.0. The molecule has 81 heavy (non-hydrogen) atoms. The van der Waals surface area contributed by atoms with Gasteiger partial charge in [-0.3, -0.25) is 18.6 Å². The zero-order valence-corrected chi connectivity index (χ0v) is 54.4. The van der Waals surface area contributed by atoms with E-state index in [0.29, 0.717) is 23.9 Å². The lowest BCUT2D eigenvalue weighted by atomic mass is 10.0. The average Bonchev–Trinajstić information content (AvgIpc) is 3.43. The summed E-state index contributed by atoms with van der Waals surface area (Å²) in [4.78, 5) is 35.8. The number of quaternary nitrogens is 1. The van der Waals surface area contributed by atoms with E-state index in [0.717, 1.165) is 77.0 Å². The van der Waals surface area contributed by atoms with Crippen LogP contribution in [0.4, 0.5) is 0 Å². The number of ether oxygens (including phenoxy) is 2. The van der Waals surface area contributed by atoms with Crippen molar-refractivity contribution in [1.29, 1.82) is 0 Å². The van der Waals surface area contributed by atoms with Gasteiger partial charge in [0, 0.05) is 12.8 Å². The van der Waals surface area contributed by atoms with Gasteiger partial charge in [0.15, 0.2) is 6.10 Å². The number of nitrogens with zero attached hydrogens (tertiary/aromatic N) is 1. The maximum atomic E-state index is 12.8. The third-order valence-corrected chi connectivity index (χ3v) is 15.7. The highest BCUT2D eigenvalue weighted by Gasteiger charge is 2.27. The molecule has 0 aromatic heterocycles. The first kappa shape index (κ1) is 78.2. The van der Waals surface area contributed by atoms with E-state index in [1.165, 1.54) is 193 Å². The van der Waals surface area contributed by atoms with Crippen LogP contribution >= 0.6 is 7.82 Å². The zero-order valence-electron chi connectivity index (χ0n) is 53.5. The normalized spacial score (nSPS) is 13.7. The van der Waals surface area contributed by atoms with Crippen LogP contribution in [0, 0.1) is 0 Å². The van der Waals surface area contributed by atoms with Crippen molar-refractivity contribution in [2.24, 2.45) is 0 Å². The van der Waals surface area contributed by atoms with Crippen LogP contribution in [0.2, 0.25) is 0 Å². The fourth-order valence-electron chi connectivity index (χ4n) is 9.53. The van der Waals surface area contributed by atoms with Crippen LogP contribution in [0.15, 0.2) is 85.1 Å². The van der Waals surface area contributed by atoms with Crippen LogP contribution in [0.3, 0.4) is 0 Å². The molecule has 0 aliphatic heterocycles. The van der Waals surface area contributed by atoms with Crippen molar-refractivity contribution in [2.45, 2.75) is 309 Å². The van der Waals surface area contributed by atoms with Crippen molar-refractivity contribution >= 4 is 19.8 Å². The van der Waals surface area contributed by atoms with Crippen LogP contribution in [-0.2, 0) is 32.7 Å². The minimum absolute atomic E-state index is 0.0327. The second-order valence-corrected chi connectivity index (χ2v) is 25.3. The molecular formula is C71H129NO8P+. The minimum Gasteiger partial charge on any atom is -0.462 e. The summed E-state index contributed by atoms with van der Waals surface area (Å²) in [5.41, 5.74) is 0. The van der Waals surface area contributed by atoms with Gasteiger partial charge in [-0.15, -0.1) is 0 Å². The van der Waals surface area contributed by atoms with Gasteiger partial charge in [-0.1, -0.05) is 304 Å². The predicted molar refractivity (Wildman–Crippen MR) is 349 cm³/mol. The summed E-state index contributed by atoms with van der Waals surface area (Å²) in [6.45, 7) is 4.36. The molecule has 0 aromatic rings. The van der Waals surface area contributed by atoms with Crippen LogP contribution in [-0.4, -0.2) is 74.9 Å². The number of carbonyl (C=O) groups is 2. The quantitative estimate of drug-likeness (QED) is 0.0211. The number of esters is 2. The first-order chi connectivity index (χ1) is 39.5. The molecule has 2 unspecified atom stereocenters. The Bertz CT molecular complexity index is 1640. The van der Waals surface area contributed by atoms with Crippen LogP contribution in [0.25, 0.3) is 0 Å². The lowest BCUT2D eigenvalue weighted by Gasteiger charge is -2.24. The molecule has 470 valence electrons. The van der Waals surface area contributed by atoms with E-state index in [2.05, 4.69) is 98.9 Å². The lowest BCUT2D eigenvalue weighted by molar-refractivity contribution is -0.870. The van der Waals surface area contributed by atoms with Crippen molar-refractivity contribution in [3.63, 3.8) is 0 Å². The number of likely N-dealkylation sites (N-methyl/N-ethyl adjacent to an activating group) is 1. The molecule has 0 bridgehead atoms. The molecule has 0 saturated heterocycles. The third-order valence-electron chi connectivity index (χ3n) is 14.7. The van der Waals surface area contributed by atoms with E-state index < -0.39 is 26.5 Å². The highest BCUT2D eigenvalue weighted by molar-refractivity contribution is 7.47. The molecule has 0 aliphatic carbocycles. The van der Waals surface area contributed by atoms with Gasteiger partial charge < -0.3 is 18.9 Å². The van der Waals surface area contributed by atoms with E-state index >= 15 is 0 Å². The second kappa shape index (κ2) is 61.7. The number of phosphoric ester groups is 1. The van der Waals surface area contributed by atoms with Crippen LogP contribution in [0.1, 0.15) is 303 Å². The van der Waals surface area contributed by atoms with E-state index in [-0.39, 0.29) is 25.6 Å². The van der Waals surface area contributed by atoms with Gasteiger partial charge in [0.05, 0.1) is 27.7 Å². The molecule has 0 saturated carbocycles. The first-order valence-corrected chi connectivity index (χ1v) is 35.3. The highest BCUT2D eigenvalue weighted by atomic mass is 31.2. The van der Waals surface area contributed by atoms with Gasteiger partial charge in [0.1, 0.15) is 19.8 Å². The number of hydrogen-bond donors (Lipinski definition) is 1. The Hall–Kier alpha value is -2.81. The van der Waals surface area contributed by atoms with Crippen LogP contribution < -0.4 is 0 Å². The molecule has 2 atom stereocenters. The molecule has 0 amide bonds. The molecule has 1 N–H and O–H groups in total. The molecule has 0 radical (unpaired) electrons. The standard InChI is InChI=1S/C71H128NO8P/c1-6-8-10-12-14-16-18-20-22-24-25-26-27-28-29-30-31-32-33-34-35-36-37-38-39-40-41-42-43-44-45-46-47-48-50-52-54-56-58-60-62-64-71(74)80-69(68-79-81(75,76)78-66-65-72(3,4)5)67-77-70(73)63-61-59-57-55-53-51-49-23-21-19-17-15-13-11-9-7-2/h8,10,14,16,20,22,25-26,28-29,31-32,34-35,69H,6-7,9,11-13,15,17-19,21,23-24,27,30,33,36-68H2,1-5H3/p+1/b10-8-,16-14-,22-20-,26-25-,29-28-,32-31-,35-34-. The average molecular weight is 1160 g/mol.